The van der Waals surface area contributed by atoms with Gasteiger partial charge in [-0.2, -0.15) is 0 Å². The highest BCUT2D eigenvalue weighted by molar-refractivity contribution is 9.10. The Hall–Kier alpha value is -1.33. The number of halogens is 2. The van der Waals surface area contributed by atoms with E-state index in [2.05, 4.69) is 20.9 Å². The van der Waals surface area contributed by atoms with Crippen LogP contribution in [0.3, 0.4) is 0 Å². The van der Waals surface area contributed by atoms with Crippen LogP contribution in [0.15, 0.2) is 27.1 Å². The van der Waals surface area contributed by atoms with Crippen LogP contribution in [0.2, 0.25) is 5.02 Å². The molecular formula is C15H15BrClNO3. The zero-order chi connectivity index (χ0) is 15.6. The van der Waals surface area contributed by atoms with E-state index in [1.165, 1.54) is 0 Å². The van der Waals surface area contributed by atoms with Crippen LogP contribution < -0.4 is 0 Å². The Kier molecular flexibility index (Phi) is 5.06. The van der Waals surface area contributed by atoms with E-state index in [1.54, 1.807) is 25.1 Å². The highest BCUT2D eigenvalue weighted by Gasteiger charge is 2.24. The fourth-order valence-electron chi connectivity index (χ4n) is 1.82. The molecule has 0 aliphatic carbocycles. The third-order valence-electron chi connectivity index (χ3n) is 2.83. The maximum absolute atomic E-state index is 11.9. The molecule has 1 aromatic carbocycles. The van der Waals surface area contributed by atoms with Crippen molar-refractivity contribution in [3.63, 3.8) is 0 Å². The molecular weight excluding hydrogens is 358 g/mol. The quantitative estimate of drug-likeness (QED) is 0.704. The molecule has 0 N–H and O–H groups in total. The second-order valence-corrected chi connectivity index (χ2v) is 6.00. The van der Waals surface area contributed by atoms with Crippen LogP contribution in [-0.4, -0.2) is 17.6 Å². The van der Waals surface area contributed by atoms with Crippen molar-refractivity contribution in [2.45, 2.75) is 26.7 Å². The Balaban J connectivity index is 2.48. The third-order valence-corrected chi connectivity index (χ3v) is 4.04. The number of carbonyl (C=O) groups is 1. The molecule has 112 valence electrons. The molecule has 0 bridgehead atoms. The second-order valence-electron chi connectivity index (χ2n) is 4.74. The molecule has 4 nitrogen and oxygen atoms in total. The predicted octanol–water partition coefficient (Wildman–Crippen LogP) is 5.06. The number of esters is 1. The van der Waals surface area contributed by atoms with E-state index in [1.807, 2.05) is 13.8 Å². The largest absolute Gasteiger partial charge is 0.460 e. The van der Waals surface area contributed by atoms with Crippen molar-refractivity contribution in [1.82, 2.24) is 4.98 Å². The molecule has 21 heavy (non-hydrogen) atoms. The van der Waals surface area contributed by atoms with Crippen molar-refractivity contribution in [2.75, 3.05) is 6.61 Å². The van der Waals surface area contributed by atoms with E-state index < -0.39 is 5.97 Å². The number of carbonyl (C=O) groups excluding carboxylic acids is 1. The van der Waals surface area contributed by atoms with Crippen molar-refractivity contribution in [3.05, 3.63) is 39.1 Å². The topological polar surface area (TPSA) is 52.3 Å². The molecule has 0 fully saturated rings. The smallest absolute Gasteiger partial charge is 0.376 e. The summed E-state index contributed by atoms with van der Waals surface area (Å²) in [4.78, 5) is 16.4. The molecule has 0 saturated carbocycles. The van der Waals surface area contributed by atoms with Gasteiger partial charge in [0, 0.05) is 10.0 Å². The number of benzene rings is 1. The van der Waals surface area contributed by atoms with Crippen LogP contribution in [0.5, 0.6) is 0 Å². The Bertz CT molecular complexity index is 667. The number of hydrogen-bond acceptors (Lipinski definition) is 4. The first-order valence-electron chi connectivity index (χ1n) is 6.57. The molecule has 0 aliphatic heterocycles. The van der Waals surface area contributed by atoms with Crippen LogP contribution in [0, 0.1) is 0 Å². The Labute approximate surface area is 136 Å². The summed E-state index contributed by atoms with van der Waals surface area (Å²) in [7, 11) is 0. The molecule has 0 amide bonds. The van der Waals surface area contributed by atoms with E-state index in [4.69, 9.17) is 20.8 Å². The number of hydrogen-bond donors (Lipinski definition) is 0. The highest BCUT2D eigenvalue weighted by Crippen LogP contribution is 2.31. The summed E-state index contributed by atoms with van der Waals surface area (Å²) < 4.78 is 11.4. The van der Waals surface area contributed by atoms with Gasteiger partial charge < -0.3 is 9.15 Å². The molecule has 1 aromatic heterocycles. The van der Waals surface area contributed by atoms with Crippen molar-refractivity contribution < 1.29 is 13.9 Å². The number of aromatic nitrogens is 1. The number of ether oxygens (including phenoxy) is 1. The SMILES string of the molecule is CCOC(=O)c1oc(-c2ccc(Cl)c(Br)c2)nc1C(C)C. The monoisotopic (exact) mass is 371 g/mol. The first kappa shape index (κ1) is 16.0. The van der Waals surface area contributed by atoms with Gasteiger partial charge in [0.15, 0.2) is 0 Å². The number of nitrogens with zero attached hydrogens (tertiary/aromatic N) is 1. The molecule has 0 spiro atoms. The molecule has 0 atom stereocenters. The second kappa shape index (κ2) is 6.62. The summed E-state index contributed by atoms with van der Waals surface area (Å²) in [5.41, 5.74) is 1.33. The molecule has 0 radical (unpaired) electrons. The van der Waals surface area contributed by atoms with Gasteiger partial charge >= 0.3 is 5.97 Å². The summed E-state index contributed by atoms with van der Waals surface area (Å²) in [6, 6.07) is 5.33. The lowest BCUT2D eigenvalue weighted by molar-refractivity contribution is 0.0488. The van der Waals surface area contributed by atoms with Crippen molar-refractivity contribution in [3.8, 4) is 11.5 Å². The Morgan fingerprint density at radius 1 is 1.48 bits per heavy atom. The highest BCUT2D eigenvalue weighted by atomic mass is 79.9. The maximum Gasteiger partial charge on any atom is 0.376 e. The zero-order valence-corrected chi connectivity index (χ0v) is 14.3. The summed E-state index contributed by atoms with van der Waals surface area (Å²) in [5, 5.41) is 0.597. The van der Waals surface area contributed by atoms with Gasteiger partial charge in [0.05, 0.1) is 17.3 Å². The van der Waals surface area contributed by atoms with Gasteiger partial charge in [0.1, 0.15) is 0 Å². The van der Waals surface area contributed by atoms with Gasteiger partial charge in [-0.1, -0.05) is 25.4 Å². The van der Waals surface area contributed by atoms with Crippen LogP contribution in [-0.2, 0) is 4.74 Å². The van der Waals surface area contributed by atoms with Gasteiger partial charge in [-0.3, -0.25) is 0 Å². The predicted molar refractivity (Wildman–Crippen MR) is 84.7 cm³/mol. The lowest BCUT2D eigenvalue weighted by Gasteiger charge is -2.02. The van der Waals surface area contributed by atoms with Gasteiger partial charge in [-0.15, -0.1) is 0 Å². The minimum atomic E-state index is -0.493. The van der Waals surface area contributed by atoms with Gasteiger partial charge in [-0.05, 0) is 47.0 Å². The maximum atomic E-state index is 11.9. The van der Waals surface area contributed by atoms with Crippen LogP contribution >= 0.6 is 27.5 Å². The molecule has 1 heterocycles. The van der Waals surface area contributed by atoms with Crippen LogP contribution in [0.1, 0.15) is 42.9 Å². The van der Waals surface area contributed by atoms with E-state index in [0.29, 0.717) is 23.2 Å². The first-order valence-corrected chi connectivity index (χ1v) is 7.74. The van der Waals surface area contributed by atoms with Gasteiger partial charge in [0.2, 0.25) is 11.7 Å². The number of oxazole rings is 1. The van der Waals surface area contributed by atoms with E-state index >= 15 is 0 Å². The lowest BCUT2D eigenvalue weighted by Crippen LogP contribution is -2.07. The van der Waals surface area contributed by atoms with Crippen LogP contribution in [0.4, 0.5) is 0 Å². The molecule has 0 unspecified atom stereocenters. The summed E-state index contributed by atoms with van der Waals surface area (Å²) in [5.74, 6) is 0.0951. The van der Waals surface area contributed by atoms with Crippen molar-refractivity contribution >= 4 is 33.5 Å². The average molecular weight is 373 g/mol. The minimum Gasteiger partial charge on any atom is -0.460 e. The van der Waals surface area contributed by atoms with Crippen molar-refractivity contribution in [2.24, 2.45) is 0 Å². The minimum absolute atomic E-state index is 0.0534. The van der Waals surface area contributed by atoms with Crippen molar-refractivity contribution in [1.29, 1.82) is 0 Å². The molecule has 0 saturated heterocycles. The normalized spacial score (nSPS) is 11.0. The zero-order valence-electron chi connectivity index (χ0n) is 11.9. The summed E-state index contributed by atoms with van der Waals surface area (Å²) in [6.45, 7) is 5.93. The van der Waals surface area contributed by atoms with Gasteiger partial charge in [0.25, 0.3) is 0 Å². The van der Waals surface area contributed by atoms with E-state index in [-0.39, 0.29) is 11.7 Å². The third kappa shape index (κ3) is 3.47. The summed E-state index contributed by atoms with van der Waals surface area (Å²) >= 11 is 9.33. The Morgan fingerprint density at radius 2 is 2.19 bits per heavy atom. The fourth-order valence-corrected chi connectivity index (χ4v) is 2.32. The number of rotatable bonds is 4. The molecule has 6 heteroatoms. The molecule has 2 rings (SSSR count). The Morgan fingerprint density at radius 3 is 2.76 bits per heavy atom. The van der Waals surface area contributed by atoms with Gasteiger partial charge in [-0.25, -0.2) is 9.78 Å². The first-order chi connectivity index (χ1) is 9.93. The fraction of sp³-hybridized carbons (Fsp3) is 0.333. The van der Waals surface area contributed by atoms with Crippen LogP contribution in [0.25, 0.3) is 11.5 Å². The van der Waals surface area contributed by atoms with E-state index in [0.717, 1.165) is 10.0 Å². The standard InChI is InChI=1S/C15H15BrClNO3/c1-4-20-15(19)13-12(8(2)3)18-14(21-13)9-5-6-11(17)10(16)7-9/h5-8H,4H2,1-3H3. The average Bonchev–Trinajstić information content (AvgIpc) is 2.87. The lowest BCUT2D eigenvalue weighted by atomic mass is 10.1. The summed E-state index contributed by atoms with van der Waals surface area (Å²) in [6.07, 6.45) is 0. The van der Waals surface area contributed by atoms with E-state index in [9.17, 15) is 4.79 Å². The molecule has 2 aromatic rings. The molecule has 0 aliphatic rings.